The highest BCUT2D eigenvalue weighted by atomic mass is 16.6. The first-order valence-corrected chi connectivity index (χ1v) is 6.83. The van der Waals surface area contributed by atoms with Crippen LogP contribution < -0.4 is 9.64 Å². The molecule has 1 saturated heterocycles. The summed E-state index contributed by atoms with van der Waals surface area (Å²) >= 11 is 0. The van der Waals surface area contributed by atoms with Crippen LogP contribution >= 0.6 is 0 Å². The molecule has 1 heterocycles. The Bertz CT molecular complexity index is 554. The lowest BCUT2D eigenvalue weighted by molar-refractivity contribution is -0.385. The van der Waals surface area contributed by atoms with Crippen LogP contribution in [0.3, 0.4) is 0 Å². The number of hydrogen-bond acceptors (Lipinski definition) is 5. The average Bonchev–Trinajstić information content (AvgIpc) is 2.37. The molecule has 1 aliphatic heterocycles. The summed E-state index contributed by atoms with van der Waals surface area (Å²) in [7, 11) is 0. The Labute approximate surface area is 122 Å². The van der Waals surface area contributed by atoms with Gasteiger partial charge in [-0.15, -0.1) is 0 Å². The molecule has 114 valence electrons. The molecule has 2 rings (SSSR count). The molecule has 7 nitrogen and oxygen atoms in total. The molecule has 21 heavy (non-hydrogen) atoms. The van der Waals surface area contributed by atoms with Crippen LogP contribution in [0.1, 0.15) is 13.8 Å². The van der Waals surface area contributed by atoms with Gasteiger partial charge < -0.3 is 14.7 Å². The van der Waals surface area contributed by atoms with E-state index in [2.05, 4.69) is 0 Å². The summed E-state index contributed by atoms with van der Waals surface area (Å²) < 4.78 is 5.31. The largest absolute Gasteiger partial charge is 0.487 e. The van der Waals surface area contributed by atoms with Crippen molar-refractivity contribution in [2.24, 2.45) is 11.8 Å². The second-order valence-electron chi connectivity index (χ2n) is 5.11. The zero-order valence-corrected chi connectivity index (χ0v) is 12.0. The van der Waals surface area contributed by atoms with Crippen molar-refractivity contribution >= 4 is 17.3 Å². The number of nitro benzene ring substituents is 1. The van der Waals surface area contributed by atoms with E-state index >= 15 is 0 Å². The van der Waals surface area contributed by atoms with E-state index in [-0.39, 0.29) is 17.4 Å². The molecule has 1 N–H and O–H groups in total. The van der Waals surface area contributed by atoms with Crippen molar-refractivity contribution in [3.63, 3.8) is 0 Å². The van der Waals surface area contributed by atoms with Crippen molar-refractivity contribution in [1.29, 1.82) is 0 Å². The van der Waals surface area contributed by atoms with Gasteiger partial charge in [0.2, 0.25) is 0 Å². The van der Waals surface area contributed by atoms with Crippen LogP contribution in [0.5, 0.6) is 5.75 Å². The zero-order valence-electron chi connectivity index (χ0n) is 12.0. The standard InChI is InChI=1S/C14H18N2O5/c1-3-21-12-6-4-5-11(13(12)16(19)20)15-7-10(8-15)9(2)14(17)18/h4-6,9-10H,3,7-8H2,1-2H3,(H,17,18). The van der Waals surface area contributed by atoms with Crippen molar-refractivity contribution in [3.05, 3.63) is 28.3 Å². The molecule has 1 aliphatic rings. The van der Waals surface area contributed by atoms with Crippen molar-refractivity contribution in [3.8, 4) is 5.75 Å². The first-order chi connectivity index (χ1) is 9.95. The molecule has 1 atom stereocenters. The Morgan fingerprint density at radius 3 is 2.76 bits per heavy atom. The van der Waals surface area contributed by atoms with Crippen LogP contribution in [0, 0.1) is 22.0 Å². The summed E-state index contributed by atoms with van der Waals surface area (Å²) in [4.78, 5) is 23.6. The molecule has 7 heteroatoms. The Kier molecular flexibility index (Phi) is 4.30. The minimum absolute atomic E-state index is 0.0119. The van der Waals surface area contributed by atoms with Gasteiger partial charge in [-0.1, -0.05) is 13.0 Å². The van der Waals surface area contributed by atoms with E-state index in [4.69, 9.17) is 9.84 Å². The zero-order chi connectivity index (χ0) is 15.6. The average molecular weight is 294 g/mol. The number of anilines is 1. The minimum Gasteiger partial charge on any atom is -0.487 e. The lowest BCUT2D eigenvalue weighted by atomic mass is 9.86. The topological polar surface area (TPSA) is 92.9 Å². The van der Waals surface area contributed by atoms with Crippen LogP contribution in [-0.4, -0.2) is 35.7 Å². The molecule has 0 bridgehead atoms. The lowest BCUT2D eigenvalue weighted by Gasteiger charge is -2.42. The maximum Gasteiger partial charge on any atom is 0.333 e. The first kappa shape index (κ1) is 15.1. The molecule has 0 saturated carbocycles. The van der Waals surface area contributed by atoms with E-state index in [9.17, 15) is 14.9 Å². The predicted octanol–water partition coefficient (Wildman–Crippen LogP) is 2.15. The fourth-order valence-corrected chi connectivity index (χ4v) is 2.45. The van der Waals surface area contributed by atoms with E-state index in [1.807, 2.05) is 4.90 Å². The molecule has 0 spiro atoms. The summed E-state index contributed by atoms with van der Waals surface area (Å²) in [5, 5.41) is 20.3. The van der Waals surface area contributed by atoms with Gasteiger partial charge >= 0.3 is 11.7 Å². The van der Waals surface area contributed by atoms with Gasteiger partial charge in [-0.25, -0.2) is 0 Å². The number of nitro groups is 1. The van der Waals surface area contributed by atoms with Crippen LogP contribution in [0.4, 0.5) is 11.4 Å². The van der Waals surface area contributed by atoms with Crippen molar-refractivity contribution in [2.75, 3.05) is 24.6 Å². The van der Waals surface area contributed by atoms with Crippen LogP contribution in [0.15, 0.2) is 18.2 Å². The van der Waals surface area contributed by atoms with E-state index in [0.717, 1.165) is 0 Å². The van der Waals surface area contributed by atoms with Crippen molar-refractivity contribution in [1.82, 2.24) is 0 Å². The number of rotatable bonds is 6. The molecule has 0 aromatic heterocycles. The van der Waals surface area contributed by atoms with Gasteiger partial charge in [0.15, 0.2) is 5.75 Å². The highest BCUT2D eigenvalue weighted by molar-refractivity contribution is 5.73. The first-order valence-electron chi connectivity index (χ1n) is 6.83. The molecule has 0 radical (unpaired) electrons. The number of benzene rings is 1. The highest BCUT2D eigenvalue weighted by Gasteiger charge is 2.38. The van der Waals surface area contributed by atoms with Crippen LogP contribution in [0.25, 0.3) is 0 Å². The van der Waals surface area contributed by atoms with Gasteiger partial charge in [-0.3, -0.25) is 14.9 Å². The Morgan fingerprint density at radius 2 is 2.24 bits per heavy atom. The number of para-hydroxylation sites is 1. The number of ether oxygens (including phenoxy) is 1. The maximum atomic E-state index is 11.3. The second-order valence-corrected chi connectivity index (χ2v) is 5.11. The molecule has 1 aromatic rings. The minimum atomic E-state index is -0.836. The third-order valence-corrected chi connectivity index (χ3v) is 3.81. The van der Waals surface area contributed by atoms with Crippen molar-refractivity contribution < 1.29 is 19.6 Å². The van der Waals surface area contributed by atoms with Gasteiger partial charge in [0.25, 0.3) is 0 Å². The van der Waals surface area contributed by atoms with Gasteiger partial charge in [0.05, 0.1) is 17.4 Å². The van der Waals surface area contributed by atoms with E-state index in [0.29, 0.717) is 25.4 Å². The summed E-state index contributed by atoms with van der Waals surface area (Å²) in [6.45, 7) is 4.79. The van der Waals surface area contributed by atoms with Gasteiger partial charge in [-0.2, -0.15) is 0 Å². The maximum absolute atomic E-state index is 11.3. The molecule has 1 aromatic carbocycles. The quantitative estimate of drug-likeness (QED) is 0.638. The fourth-order valence-electron chi connectivity index (χ4n) is 2.45. The molecule has 0 aliphatic carbocycles. The summed E-state index contributed by atoms with van der Waals surface area (Å²) in [6, 6.07) is 4.95. The molecular formula is C14H18N2O5. The van der Waals surface area contributed by atoms with E-state index < -0.39 is 16.8 Å². The number of nitrogens with zero attached hydrogens (tertiary/aromatic N) is 2. The molecule has 1 fully saturated rings. The Morgan fingerprint density at radius 1 is 1.57 bits per heavy atom. The third kappa shape index (κ3) is 2.91. The second kappa shape index (κ2) is 5.99. The Hall–Kier alpha value is -2.31. The molecule has 0 amide bonds. The fraction of sp³-hybridized carbons (Fsp3) is 0.500. The molecule has 1 unspecified atom stereocenters. The van der Waals surface area contributed by atoms with E-state index in [1.165, 1.54) is 0 Å². The number of carboxylic acids is 1. The smallest absolute Gasteiger partial charge is 0.333 e. The van der Waals surface area contributed by atoms with Gasteiger partial charge in [0, 0.05) is 19.0 Å². The number of aliphatic carboxylic acids is 1. The lowest BCUT2D eigenvalue weighted by Crippen LogP contribution is -2.51. The number of carbonyl (C=O) groups is 1. The highest BCUT2D eigenvalue weighted by Crippen LogP contribution is 2.40. The Balaban J connectivity index is 2.20. The van der Waals surface area contributed by atoms with E-state index in [1.54, 1.807) is 32.0 Å². The number of carboxylic acid groups (broad SMARTS) is 1. The molecular weight excluding hydrogens is 276 g/mol. The normalized spacial score (nSPS) is 16.2. The summed E-state index contributed by atoms with van der Waals surface area (Å²) in [5.74, 6) is -1.03. The number of hydrogen-bond donors (Lipinski definition) is 1. The van der Waals surface area contributed by atoms with Gasteiger partial charge in [0.1, 0.15) is 5.69 Å². The van der Waals surface area contributed by atoms with Crippen molar-refractivity contribution in [2.45, 2.75) is 13.8 Å². The SMILES string of the molecule is CCOc1cccc(N2CC(C(C)C(=O)O)C2)c1[N+](=O)[O-]. The predicted molar refractivity (Wildman–Crippen MR) is 76.8 cm³/mol. The summed E-state index contributed by atoms with van der Waals surface area (Å²) in [6.07, 6.45) is 0. The summed E-state index contributed by atoms with van der Waals surface area (Å²) in [5.41, 5.74) is 0.431. The van der Waals surface area contributed by atoms with Crippen LogP contribution in [0.2, 0.25) is 0 Å². The third-order valence-electron chi connectivity index (χ3n) is 3.81. The van der Waals surface area contributed by atoms with Crippen LogP contribution in [-0.2, 0) is 4.79 Å². The van der Waals surface area contributed by atoms with Gasteiger partial charge in [-0.05, 0) is 19.1 Å². The monoisotopic (exact) mass is 294 g/mol.